The molecule has 0 spiro atoms. The van der Waals surface area contributed by atoms with Crippen LogP contribution >= 0.6 is 0 Å². The van der Waals surface area contributed by atoms with Crippen molar-refractivity contribution >= 4 is 0 Å². The zero-order valence-corrected chi connectivity index (χ0v) is 18.6. The Balaban J connectivity index is 0.000000161. The summed E-state index contributed by atoms with van der Waals surface area (Å²) in [5.74, 6) is 0. The summed E-state index contributed by atoms with van der Waals surface area (Å²) in [7, 11) is 0. The molecular formula is C26H38N2. The van der Waals surface area contributed by atoms with Crippen LogP contribution in [0.3, 0.4) is 0 Å². The molecule has 2 aliphatic carbocycles. The lowest BCUT2D eigenvalue weighted by molar-refractivity contribution is 0.589. The van der Waals surface area contributed by atoms with Gasteiger partial charge in [0.15, 0.2) is 0 Å². The SMILES string of the molecule is CC(C)(C)c1ccc2c(c1)CCC2N.CC(C)(C)c1ccc2c(c1)CC[C@@H]2N. The van der Waals surface area contributed by atoms with E-state index in [2.05, 4.69) is 77.9 Å². The lowest BCUT2D eigenvalue weighted by Crippen LogP contribution is -2.12. The van der Waals surface area contributed by atoms with Gasteiger partial charge in [-0.2, -0.15) is 0 Å². The second kappa shape index (κ2) is 7.65. The van der Waals surface area contributed by atoms with Gasteiger partial charge >= 0.3 is 0 Å². The first-order chi connectivity index (χ1) is 13.0. The lowest BCUT2D eigenvalue weighted by Gasteiger charge is -2.20. The second-order valence-corrected chi connectivity index (χ2v) is 10.6. The highest BCUT2D eigenvalue weighted by atomic mass is 14.6. The lowest BCUT2D eigenvalue weighted by atomic mass is 9.85. The molecular weight excluding hydrogens is 340 g/mol. The van der Waals surface area contributed by atoms with E-state index >= 15 is 0 Å². The number of rotatable bonds is 0. The molecule has 0 bridgehead atoms. The van der Waals surface area contributed by atoms with Gasteiger partial charge in [0.05, 0.1) is 0 Å². The molecule has 4 N–H and O–H groups in total. The molecule has 152 valence electrons. The number of benzene rings is 2. The highest BCUT2D eigenvalue weighted by Gasteiger charge is 2.23. The third-order valence-electron chi connectivity index (χ3n) is 6.27. The van der Waals surface area contributed by atoms with Crippen LogP contribution < -0.4 is 11.5 Å². The summed E-state index contributed by atoms with van der Waals surface area (Å²) in [5, 5.41) is 0. The molecule has 0 saturated carbocycles. The van der Waals surface area contributed by atoms with Crippen molar-refractivity contribution in [3.05, 3.63) is 69.8 Å². The summed E-state index contributed by atoms with van der Waals surface area (Å²) in [6, 6.07) is 14.1. The van der Waals surface area contributed by atoms with E-state index in [0.29, 0.717) is 0 Å². The van der Waals surface area contributed by atoms with Gasteiger partial charge < -0.3 is 11.5 Å². The van der Waals surface area contributed by atoms with Crippen molar-refractivity contribution in [3.8, 4) is 0 Å². The first-order valence-corrected chi connectivity index (χ1v) is 10.7. The molecule has 2 aliphatic rings. The molecule has 2 nitrogen and oxygen atoms in total. The monoisotopic (exact) mass is 378 g/mol. The fraction of sp³-hybridized carbons (Fsp3) is 0.538. The van der Waals surface area contributed by atoms with Crippen LogP contribution in [0, 0.1) is 0 Å². The van der Waals surface area contributed by atoms with Gasteiger partial charge in [-0.25, -0.2) is 0 Å². The van der Waals surface area contributed by atoms with Crippen molar-refractivity contribution in [2.24, 2.45) is 11.5 Å². The molecule has 1 unspecified atom stereocenters. The van der Waals surface area contributed by atoms with E-state index in [1.807, 2.05) is 0 Å². The second-order valence-electron chi connectivity index (χ2n) is 10.6. The number of hydrogen-bond acceptors (Lipinski definition) is 2. The number of nitrogens with two attached hydrogens (primary N) is 2. The van der Waals surface area contributed by atoms with Gasteiger partial charge in [0.2, 0.25) is 0 Å². The Hall–Kier alpha value is -1.64. The molecule has 28 heavy (non-hydrogen) atoms. The van der Waals surface area contributed by atoms with E-state index in [9.17, 15) is 0 Å². The van der Waals surface area contributed by atoms with Gasteiger partial charge in [-0.3, -0.25) is 0 Å². The predicted octanol–water partition coefficient (Wildman–Crippen LogP) is 5.86. The fourth-order valence-electron chi connectivity index (χ4n) is 4.23. The molecule has 2 atom stereocenters. The van der Waals surface area contributed by atoms with Crippen molar-refractivity contribution in [1.82, 2.24) is 0 Å². The average molecular weight is 379 g/mol. The van der Waals surface area contributed by atoms with Gasteiger partial charge in [-0.15, -0.1) is 0 Å². The summed E-state index contributed by atoms with van der Waals surface area (Å²) >= 11 is 0. The predicted molar refractivity (Wildman–Crippen MR) is 121 cm³/mol. The van der Waals surface area contributed by atoms with Crippen molar-refractivity contribution in [3.63, 3.8) is 0 Å². The molecule has 2 heteroatoms. The van der Waals surface area contributed by atoms with Gasteiger partial charge in [0.1, 0.15) is 0 Å². The Bertz CT molecular complexity index is 765. The summed E-state index contributed by atoms with van der Waals surface area (Å²) < 4.78 is 0. The Morgan fingerprint density at radius 2 is 1.00 bits per heavy atom. The van der Waals surface area contributed by atoms with E-state index in [0.717, 1.165) is 25.7 Å². The van der Waals surface area contributed by atoms with Crippen molar-refractivity contribution in [2.75, 3.05) is 0 Å². The summed E-state index contributed by atoms with van der Waals surface area (Å²) in [4.78, 5) is 0. The summed E-state index contributed by atoms with van der Waals surface area (Å²) in [5.41, 5.74) is 21.0. The van der Waals surface area contributed by atoms with E-state index in [-0.39, 0.29) is 22.9 Å². The van der Waals surface area contributed by atoms with E-state index < -0.39 is 0 Å². The van der Waals surface area contributed by atoms with Crippen LogP contribution in [0.2, 0.25) is 0 Å². The van der Waals surface area contributed by atoms with Crippen LogP contribution in [0.5, 0.6) is 0 Å². The highest BCUT2D eigenvalue weighted by Crippen LogP contribution is 2.34. The number of hydrogen-bond donors (Lipinski definition) is 2. The van der Waals surface area contributed by atoms with E-state index in [1.165, 1.54) is 33.4 Å². The van der Waals surface area contributed by atoms with Gasteiger partial charge in [-0.1, -0.05) is 77.9 Å². The highest BCUT2D eigenvalue weighted by molar-refractivity contribution is 5.40. The third-order valence-corrected chi connectivity index (χ3v) is 6.27. The normalized spacial score (nSPS) is 21.0. The zero-order chi connectivity index (χ0) is 20.7. The Morgan fingerprint density at radius 3 is 1.32 bits per heavy atom. The zero-order valence-electron chi connectivity index (χ0n) is 18.6. The van der Waals surface area contributed by atoms with E-state index in [1.54, 1.807) is 0 Å². The smallest absolute Gasteiger partial charge is 0.0300 e. The van der Waals surface area contributed by atoms with Crippen LogP contribution in [-0.2, 0) is 23.7 Å². The van der Waals surface area contributed by atoms with Crippen molar-refractivity contribution in [1.29, 1.82) is 0 Å². The molecule has 0 aromatic heterocycles. The first kappa shape index (κ1) is 21.1. The molecule has 0 amide bonds. The summed E-state index contributed by atoms with van der Waals surface area (Å²) in [6.07, 6.45) is 4.53. The third kappa shape index (κ3) is 4.50. The minimum Gasteiger partial charge on any atom is -0.324 e. The minimum atomic E-state index is 0.252. The quantitative estimate of drug-likeness (QED) is 0.603. The molecule has 2 aromatic carbocycles. The van der Waals surface area contributed by atoms with Crippen LogP contribution in [-0.4, -0.2) is 0 Å². The van der Waals surface area contributed by atoms with Crippen LogP contribution in [0.15, 0.2) is 36.4 Å². The average Bonchev–Trinajstić information content (AvgIpc) is 3.17. The van der Waals surface area contributed by atoms with Crippen molar-refractivity contribution < 1.29 is 0 Å². The van der Waals surface area contributed by atoms with Crippen LogP contribution in [0.4, 0.5) is 0 Å². The largest absolute Gasteiger partial charge is 0.324 e. The molecule has 0 aliphatic heterocycles. The molecule has 4 rings (SSSR count). The molecule has 0 heterocycles. The van der Waals surface area contributed by atoms with E-state index in [4.69, 9.17) is 11.5 Å². The number of fused-ring (bicyclic) bond motifs is 2. The van der Waals surface area contributed by atoms with Crippen LogP contribution in [0.25, 0.3) is 0 Å². The topological polar surface area (TPSA) is 52.0 Å². The first-order valence-electron chi connectivity index (χ1n) is 10.7. The molecule has 0 saturated heterocycles. The van der Waals surface area contributed by atoms with Gasteiger partial charge in [-0.05, 0) is 69.9 Å². The Morgan fingerprint density at radius 1 is 0.643 bits per heavy atom. The minimum absolute atomic E-state index is 0.252. The molecule has 0 radical (unpaired) electrons. The maximum absolute atomic E-state index is 6.01. The van der Waals surface area contributed by atoms with Gasteiger partial charge in [0, 0.05) is 12.1 Å². The Kier molecular flexibility index (Phi) is 5.76. The molecule has 2 aromatic rings. The maximum Gasteiger partial charge on any atom is 0.0300 e. The standard InChI is InChI=1S/2C13H19N/c2*1-13(2,3)10-5-6-11-9(8-10)4-7-12(11)14/h2*5-6,8,12H,4,7,14H2,1-3H3/t12-;/m0./s1. The van der Waals surface area contributed by atoms with Crippen molar-refractivity contribution in [2.45, 2.75) is 90.1 Å². The van der Waals surface area contributed by atoms with Gasteiger partial charge in [0.25, 0.3) is 0 Å². The summed E-state index contributed by atoms with van der Waals surface area (Å²) in [6.45, 7) is 13.5. The Labute approximate surface area is 171 Å². The maximum atomic E-state index is 6.01. The number of aryl methyl sites for hydroxylation is 2. The fourth-order valence-corrected chi connectivity index (χ4v) is 4.23. The molecule has 0 fully saturated rings. The van der Waals surface area contributed by atoms with Crippen LogP contribution in [0.1, 0.15) is 99.8 Å².